The molecule has 0 saturated heterocycles. The van der Waals surface area contributed by atoms with Gasteiger partial charge in [0.25, 0.3) is 5.91 Å². The van der Waals surface area contributed by atoms with E-state index in [1.54, 1.807) is 36.4 Å². The topological polar surface area (TPSA) is 50.7 Å². The van der Waals surface area contributed by atoms with E-state index in [1.165, 1.54) is 0 Å². The standard InChI is InChI=1S/C18H17Cl3N2O2/c1-3-16(14-6-4-13(20)9-15(14)21)22-23-18(24)10-25-17-7-5-12(19)8-11(17)2/h4-9H,3,10H2,1-2H3,(H,23,24). The molecule has 0 aromatic heterocycles. The quantitative estimate of drug-likeness (QED) is 0.532. The van der Waals surface area contributed by atoms with E-state index < -0.39 is 0 Å². The van der Waals surface area contributed by atoms with Crippen molar-refractivity contribution in [1.82, 2.24) is 5.43 Å². The normalized spacial score (nSPS) is 11.3. The van der Waals surface area contributed by atoms with Gasteiger partial charge in [0.05, 0.1) is 10.7 Å². The van der Waals surface area contributed by atoms with Gasteiger partial charge in [-0.25, -0.2) is 5.43 Å². The molecular weight excluding hydrogens is 383 g/mol. The summed E-state index contributed by atoms with van der Waals surface area (Å²) in [6.07, 6.45) is 0.596. The average molecular weight is 400 g/mol. The molecule has 7 heteroatoms. The number of hydrazone groups is 1. The van der Waals surface area contributed by atoms with E-state index >= 15 is 0 Å². The summed E-state index contributed by atoms with van der Waals surface area (Å²) in [5.74, 6) is 0.227. The molecule has 0 fully saturated rings. The molecule has 132 valence electrons. The second-order valence-electron chi connectivity index (χ2n) is 5.27. The number of hydrogen-bond acceptors (Lipinski definition) is 3. The molecule has 2 aromatic carbocycles. The lowest BCUT2D eigenvalue weighted by Gasteiger charge is -2.10. The van der Waals surface area contributed by atoms with Crippen LogP contribution in [0.5, 0.6) is 5.75 Å². The zero-order valence-corrected chi connectivity index (χ0v) is 16.0. The van der Waals surface area contributed by atoms with Gasteiger partial charge in [0.2, 0.25) is 0 Å². The van der Waals surface area contributed by atoms with Crippen molar-refractivity contribution in [2.45, 2.75) is 20.3 Å². The van der Waals surface area contributed by atoms with E-state index in [1.807, 2.05) is 13.8 Å². The number of hydrogen-bond donors (Lipinski definition) is 1. The van der Waals surface area contributed by atoms with Gasteiger partial charge in [0.15, 0.2) is 6.61 Å². The van der Waals surface area contributed by atoms with Crippen molar-refractivity contribution in [3.8, 4) is 5.75 Å². The van der Waals surface area contributed by atoms with Crippen molar-refractivity contribution < 1.29 is 9.53 Å². The van der Waals surface area contributed by atoms with Gasteiger partial charge in [-0.3, -0.25) is 4.79 Å². The van der Waals surface area contributed by atoms with Gasteiger partial charge < -0.3 is 4.74 Å². The summed E-state index contributed by atoms with van der Waals surface area (Å²) < 4.78 is 5.48. The molecule has 0 bridgehead atoms. The lowest BCUT2D eigenvalue weighted by molar-refractivity contribution is -0.123. The highest BCUT2D eigenvalue weighted by Gasteiger charge is 2.09. The number of nitrogens with zero attached hydrogens (tertiary/aromatic N) is 1. The molecule has 2 rings (SSSR count). The van der Waals surface area contributed by atoms with Gasteiger partial charge >= 0.3 is 0 Å². The van der Waals surface area contributed by atoms with Crippen LogP contribution in [0.4, 0.5) is 0 Å². The summed E-state index contributed by atoms with van der Waals surface area (Å²) in [7, 11) is 0. The summed E-state index contributed by atoms with van der Waals surface area (Å²) in [6.45, 7) is 3.62. The van der Waals surface area contributed by atoms with Crippen LogP contribution in [0.25, 0.3) is 0 Å². The van der Waals surface area contributed by atoms with Crippen molar-refractivity contribution in [1.29, 1.82) is 0 Å². The Morgan fingerprint density at radius 2 is 1.80 bits per heavy atom. The molecule has 0 aliphatic heterocycles. The molecule has 0 spiro atoms. The predicted molar refractivity (Wildman–Crippen MR) is 103 cm³/mol. The second kappa shape index (κ2) is 9.09. The maximum absolute atomic E-state index is 12.0. The number of carbonyl (C=O) groups is 1. The summed E-state index contributed by atoms with van der Waals surface area (Å²) in [5.41, 5.74) is 4.71. The fourth-order valence-corrected chi connectivity index (χ4v) is 2.88. The number of nitrogens with one attached hydrogen (secondary N) is 1. The molecule has 0 saturated carbocycles. The van der Waals surface area contributed by atoms with Crippen LogP contribution in [-0.4, -0.2) is 18.2 Å². The van der Waals surface area contributed by atoms with E-state index in [9.17, 15) is 4.79 Å². The lowest BCUT2D eigenvalue weighted by Crippen LogP contribution is -2.26. The first-order chi connectivity index (χ1) is 11.9. The zero-order chi connectivity index (χ0) is 18.4. The third-order valence-electron chi connectivity index (χ3n) is 3.39. The Bertz CT molecular complexity index is 807. The molecule has 4 nitrogen and oxygen atoms in total. The number of aryl methyl sites for hydroxylation is 1. The SMILES string of the molecule is CCC(=NNC(=O)COc1ccc(Cl)cc1C)c1ccc(Cl)cc1Cl. The Balaban J connectivity index is 2.00. The van der Waals surface area contributed by atoms with Crippen molar-refractivity contribution in [3.05, 3.63) is 62.6 Å². The van der Waals surface area contributed by atoms with Crippen molar-refractivity contribution in [2.24, 2.45) is 5.10 Å². The van der Waals surface area contributed by atoms with Crippen LogP contribution in [0.2, 0.25) is 15.1 Å². The zero-order valence-electron chi connectivity index (χ0n) is 13.8. The van der Waals surface area contributed by atoms with Crippen molar-refractivity contribution >= 4 is 46.4 Å². The van der Waals surface area contributed by atoms with Gasteiger partial charge in [-0.1, -0.05) is 47.8 Å². The number of amides is 1. The van der Waals surface area contributed by atoms with Gasteiger partial charge in [0.1, 0.15) is 5.75 Å². The summed E-state index contributed by atoms with van der Waals surface area (Å²) >= 11 is 18.0. The minimum Gasteiger partial charge on any atom is -0.483 e. The van der Waals surface area contributed by atoms with Crippen LogP contribution < -0.4 is 10.2 Å². The third-order valence-corrected chi connectivity index (χ3v) is 4.17. The average Bonchev–Trinajstić information content (AvgIpc) is 2.56. The molecule has 1 amide bonds. The van der Waals surface area contributed by atoms with Crippen LogP contribution in [-0.2, 0) is 4.79 Å². The summed E-state index contributed by atoms with van der Waals surface area (Å²) in [6, 6.07) is 10.3. The van der Waals surface area contributed by atoms with Crippen LogP contribution in [0.3, 0.4) is 0 Å². The van der Waals surface area contributed by atoms with Crippen LogP contribution in [0.15, 0.2) is 41.5 Å². The molecule has 0 radical (unpaired) electrons. The molecule has 2 aromatic rings. The van der Waals surface area contributed by atoms with Gasteiger partial charge in [-0.2, -0.15) is 5.10 Å². The molecular formula is C18H17Cl3N2O2. The Morgan fingerprint density at radius 3 is 2.44 bits per heavy atom. The van der Waals surface area contributed by atoms with Gasteiger partial charge in [-0.15, -0.1) is 0 Å². The first kappa shape index (κ1) is 19.6. The number of halogens is 3. The molecule has 0 aliphatic carbocycles. The first-order valence-electron chi connectivity index (χ1n) is 7.60. The number of carbonyl (C=O) groups excluding carboxylic acids is 1. The number of rotatable bonds is 6. The highest BCUT2D eigenvalue weighted by atomic mass is 35.5. The van der Waals surface area contributed by atoms with Crippen molar-refractivity contribution in [2.75, 3.05) is 6.61 Å². The Labute approximate surface area is 161 Å². The third kappa shape index (κ3) is 5.63. The number of benzene rings is 2. The van der Waals surface area contributed by atoms with Crippen molar-refractivity contribution in [3.63, 3.8) is 0 Å². The molecule has 0 heterocycles. The Morgan fingerprint density at radius 1 is 1.12 bits per heavy atom. The monoisotopic (exact) mass is 398 g/mol. The Hall–Kier alpha value is -1.75. The predicted octanol–water partition coefficient (Wildman–Crippen LogP) is 5.26. The minimum absolute atomic E-state index is 0.155. The van der Waals surface area contributed by atoms with E-state index in [0.29, 0.717) is 32.9 Å². The highest BCUT2D eigenvalue weighted by molar-refractivity contribution is 6.37. The molecule has 1 N–H and O–H groups in total. The van der Waals surface area contributed by atoms with Crippen LogP contribution in [0, 0.1) is 6.92 Å². The summed E-state index contributed by atoms with van der Waals surface area (Å²) in [5, 5.41) is 5.78. The molecule has 0 aliphatic rings. The van der Waals surface area contributed by atoms with E-state index in [0.717, 1.165) is 11.1 Å². The van der Waals surface area contributed by atoms with Gasteiger partial charge in [-0.05, 0) is 49.2 Å². The molecule has 25 heavy (non-hydrogen) atoms. The van der Waals surface area contributed by atoms with Crippen LogP contribution in [0.1, 0.15) is 24.5 Å². The Kier molecular flexibility index (Phi) is 7.12. The van der Waals surface area contributed by atoms with E-state index in [-0.39, 0.29) is 12.5 Å². The van der Waals surface area contributed by atoms with E-state index in [2.05, 4.69) is 10.5 Å². The van der Waals surface area contributed by atoms with Crippen LogP contribution >= 0.6 is 34.8 Å². The minimum atomic E-state index is -0.370. The fraction of sp³-hybridized carbons (Fsp3) is 0.222. The second-order valence-corrected chi connectivity index (χ2v) is 6.55. The largest absolute Gasteiger partial charge is 0.483 e. The lowest BCUT2D eigenvalue weighted by atomic mass is 10.1. The summed E-state index contributed by atoms with van der Waals surface area (Å²) in [4.78, 5) is 12.0. The first-order valence-corrected chi connectivity index (χ1v) is 8.74. The maximum atomic E-state index is 12.0. The smallest absolute Gasteiger partial charge is 0.277 e. The molecule has 0 atom stereocenters. The van der Waals surface area contributed by atoms with E-state index in [4.69, 9.17) is 39.5 Å². The fourth-order valence-electron chi connectivity index (χ4n) is 2.13. The highest BCUT2D eigenvalue weighted by Crippen LogP contribution is 2.23. The maximum Gasteiger partial charge on any atom is 0.277 e. The van der Waals surface area contributed by atoms with Gasteiger partial charge in [0, 0.05) is 15.6 Å². The number of ether oxygens (including phenoxy) is 1. The molecule has 0 unspecified atom stereocenters.